The molecule has 84 valence electrons. The summed E-state index contributed by atoms with van der Waals surface area (Å²) >= 11 is 6.04. The number of anilines is 1. The average molecular weight is 239 g/mol. The van der Waals surface area contributed by atoms with Gasteiger partial charge in [0, 0.05) is 13.1 Å². The van der Waals surface area contributed by atoms with Crippen LogP contribution in [0.2, 0.25) is 5.02 Å². The number of ether oxygens (including phenoxy) is 1. The van der Waals surface area contributed by atoms with E-state index in [0.717, 1.165) is 24.2 Å². The van der Waals surface area contributed by atoms with E-state index in [-0.39, 0.29) is 0 Å². The zero-order valence-electron chi connectivity index (χ0n) is 8.65. The molecule has 1 aliphatic heterocycles. The fourth-order valence-electron chi connectivity index (χ4n) is 1.79. The minimum Gasteiger partial charge on any atom is -0.423 e. The number of hydrogen-bond donors (Lipinski definition) is 0. The molecule has 3 rings (SSSR count). The summed E-state index contributed by atoms with van der Waals surface area (Å²) in [6.45, 7) is 3.05. The van der Waals surface area contributed by atoms with E-state index < -0.39 is 0 Å². The second kappa shape index (κ2) is 3.96. The van der Waals surface area contributed by atoms with Gasteiger partial charge in [-0.2, -0.15) is 4.98 Å². The fourth-order valence-corrected chi connectivity index (χ4v) is 2.00. The molecule has 1 aromatic carbocycles. The van der Waals surface area contributed by atoms with Gasteiger partial charge < -0.3 is 14.1 Å². The number of rotatable bonds is 1. The lowest BCUT2D eigenvalue weighted by Gasteiger charge is -2.24. The third-order valence-electron chi connectivity index (χ3n) is 2.64. The maximum Gasteiger partial charge on any atom is 0.298 e. The van der Waals surface area contributed by atoms with Gasteiger partial charge in [0.05, 0.1) is 18.2 Å². The first-order valence-electron chi connectivity index (χ1n) is 5.22. The second-order valence-corrected chi connectivity index (χ2v) is 4.09. The number of aromatic nitrogens is 1. The molecule has 0 unspecified atom stereocenters. The predicted molar refractivity (Wildman–Crippen MR) is 62.1 cm³/mol. The lowest BCUT2D eigenvalue weighted by Crippen LogP contribution is -2.36. The van der Waals surface area contributed by atoms with E-state index in [1.54, 1.807) is 0 Å². The largest absolute Gasteiger partial charge is 0.423 e. The Balaban J connectivity index is 2.01. The highest BCUT2D eigenvalue weighted by atomic mass is 35.5. The SMILES string of the molecule is Clc1cccc2oc(N3CCOCC3)nc12. The van der Waals surface area contributed by atoms with Gasteiger partial charge in [0.1, 0.15) is 5.52 Å². The van der Waals surface area contributed by atoms with E-state index in [9.17, 15) is 0 Å². The van der Waals surface area contributed by atoms with E-state index in [1.165, 1.54) is 0 Å². The summed E-state index contributed by atoms with van der Waals surface area (Å²) in [5, 5.41) is 0.626. The van der Waals surface area contributed by atoms with Crippen molar-refractivity contribution in [1.29, 1.82) is 0 Å². The normalized spacial score (nSPS) is 16.9. The molecule has 5 heteroatoms. The molecule has 0 atom stereocenters. The third-order valence-corrected chi connectivity index (χ3v) is 2.95. The Kier molecular flexibility index (Phi) is 2.46. The van der Waals surface area contributed by atoms with Gasteiger partial charge >= 0.3 is 0 Å². The van der Waals surface area contributed by atoms with Crippen LogP contribution >= 0.6 is 11.6 Å². The fraction of sp³-hybridized carbons (Fsp3) is 0.364. The van der Waals surface area contributed by atoms with Crippen LogP contribution in [0.4, 0.5) is 6.01 Å². The topological polar surface area (TPSA) is 38.5 Å². The number of morpholine rings is 1. The number of benzene rings is 1. The summed E-state index contributed by atoms with van der Waals surface area (Å²) in [6.07, 6.45) is 0. The summed E-state index contributed by atoms with van der Waals surface area (Å²) in [7, 11) is 0. The number of nitrogens with zero attached hydrogens (tertiary/aromatic N) is 2. The smallest absolute Gasteiger partial charge is 0.298 e. The molecule has 0 N–H and O–H groups in total. The molecule has 0 spiro atoms. The van der Waals surface area contributed by atoms with Crippen molar-refractivity contribution < 1.29 is 9.15 Å². The van der Waals surface area contributed by atoms with Crippen LogP contribution in [0.5, 0.6) is 0 Å². The predicted octanol–water partition coefficient (Wildman–Crippen LogP) is 2.32. The first kappa shape index (κ1) is 9.93. The summed E-state index contributed by atoms with van der Waals surface area (Å²) < 4.78 is 10.9. The Hall–Kier alpha value is -1.26. The van der Waals surface area contributed by atoms with Crippen LogP contribution in [0.1, 0.15) is 0 Å². The number of halogens is 1. The Morgan fingerprint density at radius 3 is 2.81 bits per heavy atom. The highest BCUT2D eigenvalue weighted by Gasteiger charge is 2.17. The van der Waals surface area contributed by atoms with Crippen LogP contribution in [-0.2, 0) is 4.74 Å². The number of oxazole rings is 1. The minimum atomic E-state index is 0.626. The molecule has 2 aromatic rings. The Labute approximate surface area is 97.8 Å². The number of para-hydroxylation sites is 1. The lowest BCUT2D eigenvalue weighted by molar-refractivity contribution is 0.120. The zero-order valence-corrected chi connectivity index (χ0v) is 9.41. The van der Waals surface area contributed by atoms with Crippen molar-refractivity contribution in [3.8, 4) is 0 Å². The number of fused-ring (bicyclic) bond motifs is 1. The Bertz CT molecular complexity index is 506. The first-order valence-corrected chi connectivity index (χ1v) is 5.60. The van der Waals surface area contributed by atoms with E-state index >= 15 is 0 Å². The van der Waals surface area contributed by atoms with Gasteiger partial charge in [-0.1, -0.05) is 17.7 Å². The van der Waals surface area contributed by atoms with E-state index in [1.807, 2.05) is 18.2 Å². The quantitative estimate of drug-likeness (QED) is 0.764. The van der Waals surface area contributed by atoms with Crippen molar-refractivity contribution in [1.82, 2.24) is 4.98 Å². The van der Waals surface area contributed by atoms with Gasteiger partial charge in [-0.15, -0.1) is 0 Å². The van der Waals surface area contributed by atoms with Crippen molar-refractivity contribution in [2.45, 2.75) is 0 Å². The average Bonchev–Trinajstić information content (AvgIpc) is 2.76. The highest BCUT2D eigenvalue weighted by molar-refractivity contribution is 6.34. The van der Waals surface area contributed by atoms with E-state index in [2.05, 4.69) is 9.88 Å². The van der Waals surface area contributed by atoms with Crippen LogP contribution in [0.15, 0.2) is 22.6 Å². The Morgan fingerprint density at radius 2 is 2.06 bits per heavy atom. The molecule has 1 saturated heterocycles. The Morgan fingerprint density at radius 1 is 1.25 bits per heavy atom. The maximum atomic E-state index is 6.04. The molecular weight excluding hydrogens is 228 g/mol. The van der Waals surface area contributed by atoms with Crippen LogP contribution in [0, 0.1) is 0 Å². The number of hydrogen-bond acceptors (Lipinski definition) is 4. The van der Waals surface area contributed by atoms with Crippen molar-refractivity contribution in [3.63, 3.8) is 0 Å². The second-order valence-electron chi connectivity index (χ2n) is 3.68. The van der Waals surface area contributed by atoms with Crippen LogP contribution in [0.25, 0.3) is 11.1 Å². The highest BCUT2D eigenvalue weighted by Crippen LogP contribution is 2.27. The van der Waals surface area contributed by atoms with Crippen molar-refractivity contribution in [2.24, 2.45) is 0 Å². The molecule has 0 bridgehead atoms. The lowest BCUT2D eigenvalue weighted by atomic mass is 10.3. The minimum absolute atomic E-state index is 0.626. The monoisotopic (exact) mass is 238 g/mol. The molecule has 4 nitrogen and oxygen atoms in total. The summed E-state index contributed by atoms with van der Waals surface area (Å²) in [6, 6.07) is 6.18. The van der Waals surface area contributed by atoms with Gasteiger partial charge in [-0.3, -0.25) is 0 Å². The van der Waals surface area contributed by atoms with Crippen molar-refractivity contribution in [3.05, 3.63) is 23.2 Å². The molecule has 0 aliphatic carbocycles. The van der Waals surface area contributed by atoms with Crippen LogP contribution in [-0.4, -0.2) is 31.3 Å². The first-order chi connectivity index (χ1) is 7.84. The summed E-state index contributed by atoms with van der Waals surface area (Å²) in [4.78, 5) is 6.48. The maximum absolute atomic E-state index is 6.04. The van der Waals surface area contributed by atoms with Crippen LogP contribution < -0.4 is 4.90 Å². The van der Waals surface area contributed by atoms with Crippen LogP contribution in [0.3, 0.4) is 0 Å². The zero-order chi connectivity index (χ0) is 11.0. The molecule has 0 saturated carbocycles. The standard InChI is InChI=1S/C11H11ClN2O2/c12-8-2-1-3-9-10(8)13-11(16-9)14-4-6-15-7-5-14/h1-3H,4-7H2. The van der Waals surface area contributed by atoms with Gasteiger partial charge in [-0.25, -0.2) is 0 Å². The molecule has 1 fully saturated rings. The third kappa shape index (κ3) is 1.64. The van der Waals surface area contributed by atoms with E-state index in [4.69, 9.17) is 20.8 Å². The molecule has 2 heterocycles. The molecule has 1 aliphatic rings. The molecule has 16 heavy (non-hydrogen) atoms. The van der Waals surface area contributed by atoms with Gasteiger partial charge in [0.15, 0.2) is 5.58 Å². The summed E-state index contributed by atoms with van der Waals surface area (Å²) in [5.41, 5.74) is 1.46. The van der Waals surface area contributed by atoms with Gasteiger partial charge in [-0.05, 0) is 12.1 Å². The molecule has 0 amide bonds. The molecular formula is C11H11ClN2O2. The van der Waals surface area contributed by atoms with Gasteiger partial charge in [0.25, 0.3) is 6.01 Å². The van der Waals surface area contributed by atoms with Crippen molar-refractivity contribution >= 4 is 28.7 Å². The molecule has 1 aromatic heterocycles. The van der Waals surface area contributed by atoms with E-state index in [0.29, 0.717) is 24.3 Å². The summed E-state index contributed by atoms with van der Waals surface area (Å²) in [5.74, 6) is 0. The molecule has 0 radical (unpaired) electrons. The van der Waals surface area contributed by atoms with Crippen molar-refractivity contribution in [2.75, 3.05) is 31.2 Å². The van der Waals surface area contributed by atoms with Gasteiger partial charge in [0.2, 0.25) is 0 Å².